The van der Waals surface area contributed by atoms with Crippen LogP contribution >= 0.6 is 0 Å². The van der Waals surface area contributed by atoms with E-state index in [2.05, 4.69) is 25.9 Å². The summed E-state index contributed by atoms with van der Waals surface area (Å²) in [4.78, 5) is 44.4. The predicted molar refractivity (Wildman–Crippen MR) is 108 cm³/mol. The van der Waals surface area contributed by atoms with Gasteiger partial charge in [-0.15, -0.1) is 0 Å². The average Bonchev–Trinajstić information content (AvgIpc) is 3.15. The summed E-state index contributed by atoms with van der Waals surface area (Å²) in [5.74, 6) is -0.264. The van der Waals surface area contributed by atoms with Gasteiger partial charge in [0.2, 0.25) is 0 Å². The van der Waals surface area contributed by atoms with Crippen LogP contribution in [-0.2, 0) is 14.3 Å². The van der Waals surface area contributed by atoms with Crippen molar-refractivity contribution in [1.29, 1.82) is 0 Å². The van der Waals surface area contributed by atoms with E-state index in [0.29, 0.717) is 6.54 Å². The second-order valence-corrected chi connectivity index (χ2v) is 7.78. The zero-order chi connectivity index (χ0) is 21.6. The molecule has 1 aromatic rings. The first-order chi connectivity index (χ1) is 14.4. The molecule has 0 radical (unpaired) electrons. The molecule has 3 fully saturated rings. The highest BCUT2D eigenvalue weighted by molar-refractivity contribution is 6.02. The van der Waals surface area contributed by atoms with Crippen molar-refractivity contribution < 1.29 is 23.9 Å². The van der Waals surface area contributed by atoms with E-state index in [4.69, 9.17) is 4.74 Å². The second kappa shape index (κ2) is 7.77. The third-order valence-electron chi connectivity index (χ3n) is 6.03. The van der Waals surface area contributed by atoms with Crippen LogP contribution in [0.1, 0.15) is 12.0 Å². The van der Waals surface area contributed by atoms with Crippen LogP contribution in [0.5, 0.6) is 5.75 Å². The van der Waals surface area contributed by atoms with E-state index in [-0.39, 0.29) is 12.2 Å². The first kappa shape index (κ1) is 20.4. The number of hydrogen-bond donors (Lipinski definition) is 1. The van der Waals surface area contributed by atoms with Gasteiger partial charge in [-0.3, -0.25) is 24.7 Å². The Bertz CT molecular complexity index is 877. The van der Waals surface area contributed by atoms with Crippen molar-refractivity contribution in [1.82, 2.24) is 20.0 Å². The first-order valence-corrected chi connectivity index (χ1v) is 9.95. The lowest BCUT2D eigenvalue weighted by molar-refractivity contribution is -0.149. The molecule has 10 heteroatoms. The Labute approximate surface area is 175 Å². The van der Waals surface area contributed by atoms with Gasteiger partial charge in [0.05, 0.1) is 19.9 Å². The smallest absolute Gasteiger partial charge is 0.328 e. The van der Waals surface area contributed by atoms with Crippen LogP contribution in [-0.4, -0.2) is 92.0 Å². The minimum Gasteiger partial charge on any atom is -0.495 e. The van der Waals surface area contributed by atoms with E-state index in [1.165, 1.54) is 12.0 Å². The SMILES string of the molecule is COC(=O)CN1C(=O)C2C(NC3N(c4cc(C)ccc4OC)CCCN23)N(C)C1=O. The van der Waals surface area contributed by atoms with Crippen LogP contribution in [0.3, 0.4) is 0 Å². The average molecular weight is 417 g/mol. The zero-order valence-electron chi connectivity index (χ0n) is 17.6. The van der Waals surface area contributed by atoms with E-state index in [1.54, 1.807) is 14.2 Å². The number of carbonyl (C=O) groups is 3. The number of amides is 3. The van der Waals surface area contributed by atoms with Gasteiger partial charge < -0.3 is 19.3 Å². The highest BCUT2D eigenvalue weighted by Crippen LogP contribution is 2.37. The van der Waals surface area contributed by atoms with Crippen LogP contribution in [0.2, 0.25) is 0 Å². The van der Waals surface area contributed by atoms with Gasteiger partial charge in [-0.2, -0.15) is 0 Å². The molecule has 3 heterocycles. The molecule has 162 valence electrons. The zero-order valence-corrected chi connectivity index (χ0v) is 17.6. The molecule has 3 unspecified atom stereocenters. The molecule has 0 bridgehead atoms. The minimum atomic E-state index is -0.629. The maximum absolute atomic E-state index is 13.2. The maximum atomic E-state index is 13.2. The van der Waals surface area contributed by atoms with Gasteiger partial charge in [0.15, 0.2) is 0 Å². The van der Waals surface area contributed by atoms with Gasteiger partial charge in [0, 0.05) is 20.1 Å². The monoisotopic (exact) mass is 417 g/mol. The summed E-state index contributed by atoms with van der Waals surface area (Å²) in [6.07, 6.45) is 0.0856. The fourth-order valence-corrected chi connectivity index (χ4v) is 4.53. The highest BCUT2D eigenvalue weighted by Gasteiger charge is 2.56. The van der Waals surface area contributed by atoms with Gasteiger partial charge in [0.25, 0.3) is 5.91 Å². The molecule has 3 aliphatic rings. The number of hydrogen-bond acceptors (Lipinski definition) is 8. The van der Waals surface area contributed by atoms with Crippen molar-refractivity contribution in [3.8, 4) is 5.75 Å². The second-order valence-electron chi connectivity index (χ2n) is 7.78. The molecule has 3 atom stereocenters. The molecule has 3 aliphatic heterocycles. The number of fused-ring (bicyclic) bond motifs is 3. The lowest BCUT2D eigenvalue weighted by atomic mass is 10.1. The summed E-state index contributed by atoms with van der Waals surface area (Å²) in [5.41, 5.74) is 2.04. The highest BCUT2D eigenvalue weighted by atomic mass is 16.5. The van der Waals surface area contributed by atoms with Gasteiger partial charge in [-0.05, 0) is 31.0 Å². The number of rotatable bonds is 4. The number of methoxy groups -OCH3 is 2. The van der Waals surface area contributed by atoms with Gasteiger partial charge in [-0.25, -0.2) is 4.79 Å². The third-order valence-corrected chi connectivity index (χ3v) is 6.03. The summed E-state index contributed by atoms with van der Waals surface area (Å²) in [5, 5.41) is 3.45. The number of carbonyl (C=O) groups excluding carboxylic acids is 3. The van der Waals surface area contributed by atoms with Crippen molar-refractivity contribution in [3.63, 3.8) is 0 Å². The van der Waals surface area contributed by atoms with Crippen LogP contribution < -0.4 is 15.0 Å². The van der Waals surface area contributed by atoms with Crippen LogP contribution in [0.25, 0.3) is 0 Å². The molecule has 1 N–H and O–H groups in total. The van der Waals surface area contributed by atoms with Gasteiger partial charge in [0.1, 0.15) is 30.8 Å². The maximum Gasteiger partial charge on any atom is 0.328 e. The summed E-state index contributed by atoms with van der Waals surface area (Å²) >= 11 is 0. The van der Waals surface area contributed by atoms with Crippen LogP contribution in [0, 0.1) is 6.92 Å². The molecule has 0 aliphatic carbocycles. The molecule has 10 nitrogen and oxygen atoms in total. The molecule has 1 aromatic carbocycles. The normalized spacial score (nSPS) is 26.5. The summed E-state index contributed by atoms with van der Waals surface area (Å²) in [7, 11) is 4.51. The van der Waals surface area contributed by atoms with Crippen LogP contribution in [0.15, 0.2) is 18.2 Å². The van der Waals surface area contributed by atoms with Crippen molar-refractivity contribution in [2.45, 2.75) is 31.8 Å². The molecule has 0 saturated carbocycles. The number of benzene rings is 1. The lowest BCUT2D eigenvalue weighted by Crippen LogP contribution is -2.67. The summed E-state index contributed by atoms with van der Waals surface area (Å²) in [6.45, 7) is 3.11. The lowest BCUT2D eigenvalue weighted by Gasteiger charge is -2.43. The molecule has 0 aromatic heterocycles. The molecular formula is C20H27N5O5. The summed E-state index contributed by atoms with van der Waals surface area (Å²) in [6, 6.07) is 4.89. The molecule has 3 saturated heterocycles. The molecule has 0 spiro atoms. The van der Waals surface area contributed by atoms with E-state index in [0.717, 1.165) is 34.9 Å². The number of anilines is 1. The first-order valence-electron chi connectivity index (χ1n) is 9.95. The number of nitrogens with zero attached hydrogens (tertiary/aromatic N) is 4. The molecular weight excluding hydrogens is 390 g/mol. The van der Waals surface area contributed by atoms with Crippen molar-refractivity contribution in [2.75, 3.05) is 45.8 Å². The van der Waals surface area contributed by atoms with E-state index < -0.39 is 30.8 Å². The quantitative estimate of drug-likeness (QED) is 0.693. The number of esters is 1. The number of urea groups is 1. The Hall–Kier alpha value is -2.85. The van der Waals surface area contributed by atoms with Crippen molar-refractivity contribution >= 4 is 23.6 Å². The minimum absolute atomic E-state index is 0.276. The third kappa shape index (κ3) is 3.16. The Morgan fingerprint density at radius 1 is 1.23 bits per heavy atom. The molecule has 3 amide bonds. The van der Waals surface area contributed by atoms with Crippen molar-refractivity contribution in [2.24, 2.45) is 0 Å². The van der Waals surface area contributed by atoms with Crippen LogP contribution in [0.4, 0.5) is 10.5 Å². The Morgan fingerprint density at radius 2 is 2.00 bits per heavy atom. The van der Waals surface area contributed by atoms with Crippen molar-refractivity contribution in [3.05, 3.63) is 23.8 Å². The number of ether oxygens (including phenoxy) is 2. The largest absolute Gasteiger partial charge is 0.495 e. The number of likely N-dealkylation sites (N-methyl/N-ethyl adjacent to an activating group) is 1. The van der Waals surface area contributed by atoms with Gasteiger partial charge in [-0.1, -0.05) is 6.07 Å². The van der Waals surface area contributed by atoms with E-state index in [9.17, 15) is 14.4 Å². The number of aryl methyl sites for hydroxylation is 1. The number of nitrogens with one attached hydrogen (secondary N) is 1. The van der Waals surface area contributed by atoms with E-state index in [1.807, 2.05) is 19.1 Å². The topological polar surface area (TPSA) is 94.7 Å². The molecule has 4 rings (SSSR count). The van der Waals surface area contributed by atoms with E-state index >= 15 is 0 Å². The predicted octanol–water partition coefficient (Wildman–Crippen LogP) is 0.164. The Morgan fingerprint density at radius 3 is 2.70 bits per heavy atom. The standard InChI is InChI=1S/C20H27N5O5/c1-12-6-7-14(29-3)13(10-12)23-8-5-9-24-16-17(21-19(23)24)22(2)20(28)25(18(16)27)11-15(26)30-4/h6-7,10,16-17,19,21H,5,8-9,11H2,1-4H3. The van der Waals surface area contributed by atoms with Gasteiger partial charge >= 0.3 is 12.0 Å². The Kier molecular flexibility index (Phi) is 5.29. The Balaban J connectivity index is 1.67. The fourth-order valence-electron chi connectivity index (χ4n) is 4.53. The number of imide groups is 1. The fraction of sp³-hybridized carbons (Fsp3) is 0.550. The molecule has 30 heavy (non-hydrogen) atoms. The summed E-state index contributed by atoms with van der Waals surface area (Å²) < 4.78 is 10.2.